The SMILES string of the molecule is C=C(C)C(=O)OC.Cc1ccc(N(C)C)cc1. The Morgan fingerprint density at radius 3 is 1.94 bits per heavy atom. The Kier molecular flexibility index (Phi) is 6.71. The number of carbonyl (C=O) groups is 1. The van der Waals surface area contributed by atoms with Crippen LogP contribution < -0.4 is 4.90 Å². The van der Waals surface area contributed by atoms with Crippen LogP contribution >= 0.6 is 0 Å². The normalized spacial score (nSPS) is 8.76. The van der Waals surface area contributed by atoms with Gasteiger partial charge in [0.1, 0.15) is 0 Å². The van der Waals surface area contributed by atoms with Crippen molar-refractivity contribution in [2.24, 2.45) is 0 Å². The lowest BCUT2D eigenvalue weighted by Gasteiger charge is -2.11. The van der Waals surface area contributed by atoms with Crippen LogP contribution in [-0.4, -0.2) is 27.2 Å². The number of ether oxygens (including phenoxy) is 1. The predicted octanol–water partition coefficient (Wildman–Crippen LogP) is 2.80. The summed E-state index contributed by atoms with van der Waals surface area (Å²) in [7, 11) is 5.42. The van der Waals surface area contributed by atoms with Gasteiger partial charge in [0.15, 0.2) is 0 Å². The molecule has 0 heterocycles. The van der Waals surface area contributed by atoms with Crippen molar-refractivity contribution in [3.8, 4) is 0 Å². The summed E-state index contributed by atoms with van der Waals surface area (Å²) in [6.45, 7) is 7.05. The quantitative estimate of drug-likeness (QED) is 0.583. The Morgan fingerprint density at radius 2 is 1.71 bits per heavy atom. The van der Waals surface area contributed by atoms with Gasteiger partial charge in [-0.25, -0.2) is 4.79 Å². The monoisotopic (exact) mass is 235 g/mol. The van der Waals surface area contributed by atoms with Crippen molar-refractivity contribution in [1.82, 2.24) is 0 Å². The molecular weight excluding hydrogens is 214 g/mol. The molecule has 0 spiro atoms. The molecule has 1 rings (SSSR count). The number of rotatable bonds is 2. The molecule has 0 saturated heterocycles. The maximum atomic E-state index is 10.2. The van der Waals surface area contributed by atoms with Gasteiger partial charge in [0, 0.05) is 25.4 Å². The minimum atomic E-state index is -0.347. The number of carbonyl (C=O) groups excluding carboxylic acids is 1. The predicted molar refractivity (Wildman–Crippen MR) is 72.3 cm³/mol. The second kappa shape index (κ2) is 7.49. The molecule has 0 bridgehead atoms. The van der Waals surface area contributed by atoms with E-state index in [2.05, 4.69) is 47.4 Å². The lowest BCUT2D eigenvalue weighted by molar-refractivity contribution is -0.136. The highest BCUT2D eigenvalue weighted by Crippen LogP contribution is 2.10. The van der Waals surface area contributed by atoms with Crippen LogP contribution in [0.3, 0.4) is 0 Å². The average molecular weight is 235 g/mol. The summed E-state index contributed by atoms with van der Waals surface area (Å²) in [6.07, 6.45) is 0. The number of aryl methyl sites for hydroxylation is 1. The first-order valence-electron chi connectivity index (χ1n) is 5.36. The molecule has 0 amide bonds. The maximum absolute atomic E-state index is 10.2. The highest BCUT2D eigenvalue weighted by molar-refractivity contribution is 5.86. The Morgan fingerprint density at radius 1 is 1.24 bits per heavy atom. The van der Waals surface area contributed by atoms with E-state index in [-0.39, 0.29) is 5.97 Å². The summed E-state index contributed by atoms with van der Waals surface area (Å²) in [5.41, 5.74) is 3.00. The lowest BCUT2D eigenvalue weighted by Crippen LogP contribution is -2.07. The van der Waals surface area contributed by atoms with Crippen molar-refractivity contribution in [3.63, 3.8) is 0 Å². The van der Waals surface area contributed by atoms with Gasteiger partial charge in [-0.1, -0.05) is 24.3 Å². The van der Waals surface area contributed by atoms with Gasteiger partial charge in [0.05, 0.1) is 7.11 Å². The summed E-state index contributed by atoms with van der Waals surface area (Å²) < 4.78 is 4.27. The van der Waals surface area contributed by atoms with Crippen LogP contribution in [-0.2, 0) is 9.53 Å². The van der Waals surface area contributed by atoms with Crippen LogP contribution in [0.2, 0.25) is 0 Å². The number of esters is 1. The van der Waals surface area contributed by atoms with E-state index in [0.29, 0.717) is 5.57 Å². The van der Waals surface area contributed by atoms with Crippen molar-refractivity contribution in [2.75, 3.05) is 26.1 Å². The van der Waals surface area contributed by atoms with Gasteiger partial charge in [-0.2, -0.15) is 0 Å². The number of hydrogen-bond acceptors (Lipinski definition) is 3. The summed E-state index contributed by atoms with van der Waals surface area (Å²) >= 11 is 0. The van der Waals surface area contributed by atoms with Gasteiger partial charge in [-0.05, 0) is 26.0 Å². The topological polar surface area (TPSA) is 29.5 Å². The number of anilines is 1. The number of benzene rings is 1. The Hall–Kier alpha value is -1.77. The first-order valence-corrected chi connectivity index (χ1v) is 5.36. The molecule has 0 N–H and O–H groups in total. The number of methoxy groups -OCH3 is 1. The second-order valence-corrected chi connectivity index (χ2v) is 4.00. The third-order valence-electron chi connectivity index (χ3n) is 2.08. The van der Waals surface area contributed by atoms with Gasteiger partial charge < -0.3 is 9.64 Å². The molecule has 1 aromatic carbocycles. The lowest BCUT2D eigenvalue weighted by atomic mass is 10.2. The molecule has 0 unspecified atom stereocenters. The first kappa shape index (κ1) is 15.2. The zero-order chi connectivity index (χ0) is 13.4. The molecule has 3 heteroatoms. The molecule has 3 nitrogen and oxygen atoms in total. The highest BCUT2D eigenvalue weighted by atomic mass is 16.5. The molecule has 0 aliphatic carbocycles. The molecule has 0 atom stereocenters. The highest BCUT2D eigenvalue weighted by Gasteiger charge is 1.95. The van der Waals surface area contributed by atoms with E-state index in [1.165, 1.54) is 18.4 Å². The van der Waals surface area contributed by atoms with E-state index < -0.39 is 0 Å². The molecule has 0 aliphatic rings. The van der Waals surface area contributed by atoms with Crippen LogP contribution in [0.4, 0.5) is 5.69 Å². The maximum Gasteiger partial charge on any atom is 0.332 e. The summed E-state index contributed by atoms with van der Waals surface area (Å²) in [5, 5.41) is 0. The summed E-state index contributed by atoms with van der Waals surface area (Å²) in [6, 6.07) is 8.48. The Bertz CT molecular complexity index is 366. The van der Waals surface area contributed by atoms with Crippen molar-refractivity contribution in [1.29, 1.82) is 0 Å². The Labute approximate surface area is 104 Å². The third kappa shape index (κ3) is 6.40. The van der Waals surface area contributed by atoms with E-state index in [1.807, 2.05) is 14.1 Å². The second-order valence-electron chi connectivity index (χ2n) is 4.00. The van der Waals surface area contributed by atoms with E-state index in [4.69, 9.17) is 0 Å². The van der Waals surface area contributed by atoms with Gasteiger partial charge in [0.2, 0.25) is 0 Å². The summed E-state index contributed by atoms with van der Waals surface area (Å²) in [4.78, 5) is 12.3. The molecule has 0 saturated carbocycles. The zero-order valence-electron chi connectivity index (χ0n) is 11.3. The summed E-state index contributed by atoms with van der Waals surface area (Å²) in [5.74, 6) is -0.347. The van der Waals surface area contributed by atoms with Crippen LogP contribution in [0.5, 0.6) is 0 Å². The van der Waals surface area contributed by atoms with Gasteiger partial charge >= 0.3 is 5.97 Å². The Balaban J connectivity index is 0.000000325. The third-order valence-corrected chi connectivity index (χ3v) is 2.08. The van der Waals surface area contributed by atoms with Crippen molar-refractivity contribution < 1.29 is 9.53 Å². The van der Waals surface area contributed by atoms with Crippen LogP contribution in [0.15, 0.2) is 36.4 Å². The minimum Gasteiger partial charge on any atom is -0.466 e. The smallest absolute Gasteiger partial charge is 0.332 e. The van der Waals surface area contributed by atoms with Gasteiger partial charge in [-0.15, -0.1) is 0 Å². The minimum absolute atomic E-state index is 0.347. The molecule has 17 heavy (non-hydrogen) atoms. The molecule has 1 aromatic rings. The van der Waals surface area contributed by atoms with E-state index >= 15 is 0 Å². The molecule has 94 valence electrons. The van der Waals surface area contributed by atoms with Crippen LogP contribution in [0, 0.1) is 6.92 Å². The fourth-order valence-electron chi connectivity index (χ4n) is 1.02. The van der Waals surface area contributed by atoms with Gasteiger partial charge in [-0.3, -0.25) is 0 Å². The fourth-order valence-corrected chi connectivity index (χ4v) is 1.02. The van der Waals surface area contributed by atoms with Gasteiger partial charge in [0.25, 0.3) is 0 Å². The molecular formula is C14H21NO2. The molecule has 0 radical (unpaired) electrons. The number of nitrogens with zero attached hydrogens (tertiary/aromatic N) is 1. The molecule has 0 fully saturated rings. The number of hydrogen-bond donors (Lipinski definition) is 0. The zero-order valence-corrected chi connectivity index (χ0v) is 11.3. The van der Waals surface area contributed by atoms with Crippen molar-refractivity contribution in [2.45, 2.75) is 13.8 Å². The fraction of sp³-hybridized carbons (Fsp3) is 0.357. The van der Waals surface area contributed by atoms with Crippen LogP contribution in [0.1, 0.15) is 12.5 Å². The van der Waals surface area contributed by atoms with Crippen molar-refractivity contribution in [3.05, 3.63) is 42.0 Å². The molecule has 0 aliphatic heterocycles. The first-order chi connectivity index (χ1) is 7.88. The van der Waals surface area contributed by atoms with E-state index in [9.17, 15) is 4.79 Å². The van der Waals surface area contributed by atoms with Crippen LogP contribution in [0.25, 0.3) is 0 Å². The van der Waals surface area contributed by atoms with E-state index in [0.717, 1.165) is 0 Å². The van der Waals surface area contributed by atoms with E-state index in [1.54, 1.807) is 6.92 Å². The molecule has 0 aromatic heterocycles. The average Bonchev–Trinajstić information content (AvgIpc) is 2.29. The largest absolute Gasteiger partial charge is 0.466 e. The standard InChI is InChI=1S/C9H13N.C5H8O2/c1-8-4-6-9(7-5-8)10(2)3;1-4(2)5(6)7-3/h4-7H,1-3H3;1H2,2-3H3. The van der Waals surface area contributed by atoms with Crippen molar-refractivity contribution >= 4 is 11.7 Å².